The molecule has 0 aliphatic carbocycles. The number of benzene rings is 3. The number of likely N-dealkylation sites (tertiary alicyclic amines) is 1. The van der Waals surface area contributed by atoms with Crippen LogP contribution in [0.2, 0.25) is 0 Å². The van der Waals surface area contributed by atoms with E-state index in [1.54, 1.807) is 12.3 Å². The first-order chi connectivity index (χ1) is 23.0. The normalized spacial score (nSPS) is 13.9. The van der Waals surface area contributed by atoms with Crippen molar-refractivity contribution in [3.05, 3.63) is 120 Å². The summed E-state index contributed by atoms with van der Waals surface area (Å²) in [5, 5.41) is 13.3. The van der Waals surface area contributed by atoms with Crippen molar-refractivity contribution in [1.29, 1.82) is 0 Å². The Hall–Kier alpha value is -5.87. The van der Waals surface area contributed by atoms with Gasteiger partial charge in [-0.25, -0.2) is 15.0 Å². The lowest BCUT2D eigenvalue weighted by atomic mass is 10.0. The molecule has 234 valence electrons. The van der Waals surface area contributed by atoms with Crippen LogP contribution in [0.1, 0.15) is 39.1 Å². The zero-order chi connectivity index (χ0) is 32.3. The first kappa shape index (κ1) is 29.8. The fraction of sp³-hybridized carbons (Fsp3) is 0.162. The minimum absolute atomic E-state index is 0.0125. The van der Waals surface area contributed by atoms with E-state index in [0.29, 0.717) is 17.9 Å². The summed E-state index contributed by atoms with van der Waals surface area (Å²) in [4.78, 5) is 40.6. The minimum atomic E-state index is -0.370. The molecule has 47 heavy (non-hydrogen) atoms. The number of piperidine rings is 1. The number of carbonyl (C=O) groups is 2. The van der Waals surface area contributed by atoms with Gasteiger partial charge in [0, 0.05) is 43.1 Å². The number of hydrogen-bond acceptors (Lipinski definition) is 8. The molecule has 10 heteroatoms. The van der Waals surface area contributed by atoms with Crippen LogP contribution in [0.15, 0.2) is 103 Å². The number of para-hydroxylation sites is 1. The maximum absolute atomic E-state index is 12.8. The molecule has 1 aliphatic rings. The highest BCUT2D eigenvalue weighted by molar-refractivity contribution is 5.99. The number of pyridine rings is 2. The molecular formula is C37H33N7O3. The number of phenols is 1. The third kappa shape index (κ3) is 6.06. The van der Waals surface area contributed by atoms with Gasteiger partial charge in [-0.2, -0.15) is 0 Å². The van der Waals surface area contributed by atoms with Crippen molar-refractivity contribution in [2.24, 2.45) is 0 Å². The van der Waals surface area contributed by atoms with Gasteiger partial charge in [-0.15, -0.1) is 0 Å². The van der Waals surface area contributed by atoms with Crippen LogP contribution >= 0.6 is 0 Å². The molecule has 10 nitrogen and oxygen atoms in total. The third-order valence-corrected chi connectivity index (χ3v) is 8.62. The molecule has 3 aromatic heterocycles. The number of nitrogens with one attached hydrogen (secondary N) is 1. The summed E-state index contributed by atoms with van der Waals surface area (Å²) < 4.78 is 2.04. The summed E-state index contributed by atoms with van der Waals surface area (Å²) in [6, 6.07) is 30.8. The van der Waals surface area contributed by atoms with Crippen molar-refractivity contribution in [1.82, 2.24) is 29.7 Å². The number of hydrogen-bond donors (Lipinski definition) is 3. The highest BCUT2D eigenvalue weighted by Crippen LogP contribution is 2.32. The molecule has 0 unspecified atom stereocenters. The second-order valence-electron chi connectivity index (χ2n) is 11.7. The van der Waals surface area contributed by atoms with E-state index >= 15 is 0 Å². The van der Waals surface area contributed by atoms with Gasteiger partial charge >= 0.3 is 0 Å². The highest BCUT2D eigenvalue weighted by Gasteiger charge is 2.23. The molecule has 0 atom stereocenters. The van der Waals surface area contributed by atoms with Crippen molar-refractivity contribution in [2.75, 3.05) is 18.8 Å². The topological polar surface area (TPSA) is 139 Å². The van der Waals surface area contributed by atoms with Crippen LogP contribution in [0, 0.1) is 0 Å². The zero-order valence-corrected chi connectivity index (χ0v) is 25.6. The van der Waals surface area contributed by atoms with Crippen molar-refractivity contribution in [3.63, 3.8) is 0 Å². The summed E-state index contributed by atoms with van der Waals surface area (Å²) in [5.41, 5.74) is 12.7. The number of fused-ring (bicyclic) bond motifs is 1. The van der Waals surface area contributed by atoms with Crippen LogP contribution in [0.3, 0.4) is 0 Å². The summed E-state index contributed by atoms with van der Waals surface area (Å²) in [6.07, 6.45) is 3.78. The van der Waals surface area contributed by atoms with Gasteiger partial charge < -0.3 is 16.2 Å². The zero-order valence-electron chi connectivity index (χ0n) is 25.6. The predicted molar refractivity (Wildman–Crippen MR) is 181 cm³/mol. The van der Waals surface area contributed by atoms with Crippen LogP contribution in [-0.2, 0) is 6.54 Å². The molecular weight excluding hydrogens is 590 g/mol. The number of nitrogen functional groups attached to an aromatic ring is 1. The average molecular weight is 624 g/mol. The highest BCUT2D eigenvalue weighted by atomic mass is 16.3. The van der Waals surface area contributed by atoms with Crippen LogP contribution in [-0.4, -0.2) is 60.9 Å². The van der Waals surface area contributed by atoms with Gasteiger partial charge in [0.15, 0.2) is 17.8 Å². The summed E-state index contributed by atoms with van der Waals surface area (Å²) in [5.74, 6) is 0.416. The molecule has 4 N–H and O–H groups in total. The van der Waals surface area contributed by atoms with Gasteiger partial charge in [0.1, 0.15) is 17.1 Å². The smallest absolute Gasteiger partial charge is 0.255 e. The SMILES string of the molecule is Nc1ncccc1-c1nc2ccc(-c3ccccc3)nc2n1-c1ccc(CN2CCC(NC(=O)c3cccc(C=O)c3O)CC2)cc1. The number of amides is 1. The second-order valence-corrected chi connectivity index (χ2v) is 11.7. The lowest BCUT2D eigenvalue weighted by Gasteiger charge is -2.32. The molecule has 0 radical (unpaired) electrons. The number of rotatable bonds is 8. The van der Waals surface area contributed by atoms with Crippen molar-refractivity contribution in [2.45, 2.75) is 25.4 Å². The molecule has 1 fully saturated rings. The molecule has 1 aliphatic heterocycles. The van der Waals surface area contributed by atoms with E-state index in [9.17, 15) is 14.7 Å². The standard InChI is InChI=1S/C37H33N7O3/c38-34-30(10-5-19-39-34)35-42-32-16-15-31(25-6-2-1-3-7-25)41-36(32)44(35)28-13-11-24(12-14-28)22-43-20-17-27(18-21-43)40-37(47)29-9-4-8-26(23-45)33(29)46/h1-16,19,23,27,46H,17-18,20-22H2,(H2,38,39)(H,40,47). The first-order valence-corrected chi connectivity index (χ1v) is 15.5. The van der Waals surface area contributed by atoms with Gasteiger partial charge in [-0.05, 0) is 66.9 Å². The van der Waals surface area contributed by atoms with Gasteiger partial charge in [0.05, 0.1) is 22.4 Å². The number of carbonyl (C=O) groups excluding carboxylic acids is 2. The summed E-state index contributed by atoms with van der Waals surface area (Å²) in [7, 11) is 0. The van der Waals surface area contributed by atoms with Crippen LogP contribution in [0.4, 0.5) is 5.82 Å². The van der Waals surface area contributed by atoms with Gasteiger partial charge in [0.2, 0.25) is 0 Å². The predicted octanol–water partition coefficient (Wildman–Crippen LogP) is 5.64. The number of aldehydes is 1. The first-order valence-electron chi connectivity index (χ1n) is 15.5. The molecule has 0 saturated carbocycles. The van der Waals surface area contributed by atoms with E-state index in [0.717, 1.165) is 71.7 Å². The van der Waals surface area contributed by atoms with E-state index in [1.807, 2.05) is 59.2 Å². The molecule has 1 amide bonds. The Kier molecular flexibility index (Phi) is 8.16. The van der Waals surface area contributed by atoms with Crippen molar-refractivity contribution in [3.8, 4) is 34.1 Å². The Morgan fingerprint density at radius 1 is 0.915 bits per heavy atom. The quantitative estimate of drug-likeness (QED) is 0.185. The van der Waals surface area contributed by atoms with E-state index in [2.05, 4.69) is 39.5 Å². The van der Waals surface area contributed by atoms with Crippen LogP contribution < -0.4 is 11.1 Å². The summed E-state index contributed by atoms with van der Waals surface area (Å²) in [6.45, 7) is 2.40. The van der Waals surface area contributed by atoms with Crippen LogP contribution in [0.5, 0.6) is 5.75 Å². The van der Waals surface area contributed by atoms with E-state index in [-0.39, 0.29) is 28.8 Å². The maximum Gasteiger partial charge on any atom is 0.255 e. The molecule has 1 saturated heterocycles. The van der Waals surface area contributed by atoms with Crippen LogP contribution in [0.25, 0.3) is 39.5 Å². The molecule has 3 aromatic carbocycles. The summed E-state index contributed by atoms with van der Waals surface area (Å²) >= 11 is 0. The third-order valence-electron chi connectivity index (χ3n) is 8.62. The maximum atomic E-state index is 12.8. The van der Waals surface area contributed by atoms with E-state index < -0.39 is 0 Å². The Bertz CT molecular complexity index is 2070. The Labute approximate surface area is 271 Å². The lowest BCUT2D eigenvalue weighted by molar-refractivity contribution is 0.0906. The second kappa shape index (κ2) is 12.9. The molecule has 6 aromatic rings. The van der Waals surface area contributed by atoms with Gasteiger partial charge in [0.25, 0.3) is 5.91 Å². The Morgan fingerprint density at radius 3 is 2.45 bits per heavy atom. The van der Waals surface area contributed by atoms with Crippen molar-refractivity contribution >= 4 is 29.2 Å². The van der Waals surface area contributed by atoms with Gasteiger partial charge in [-0.3, -0.25) is 19.1 Å². The minimum Gasteiger partial charge on any atom is -0.506 e. The number of anilines is 1. The fourth-order valence-electron chi connectivity index (χ4n) is 6.11. The largest absolute Gasteiger partial charge is 0.506 e. The Morgan fingerprint density at radius 2 is 1.70 bits per heavy atom. The lowest BCUT2D eigenvalue weighted by Crippen LogP contribution is -2.44. The molecule has 0 spiro atoms. The Balaban J connectivity index is 1.09. The molecule has 4 heterocycles. The number of nitrogens with two attached hydrogens (primary N) is 1. The number of nitrogens with zero attached hydrogens (tertiary/aromatic N) is 5. The van der Waals surface area contributed by atoms with Gasteiger partial charge in [-0.1, -0.05) is 48.5 Å². The average Bonchev–Trinajstić information content (AvgIpc) is 3.48. The fourth-order valence-corrected chi connectivity index (χ4v) is 6.11. The number of phenolic OH excluding ortho intramolecular Hbond substituents is 1. The number of aromatic nitrogens is 4. The monoisotopic (exact) mass is 623 g/mol. The molecule has 7 rings (SSSR count). The number of imidazole rings is 1. The molecule has 0 bridgehead atoms. The number of aromatic hydroxyl groups is 1. The van der Waals surface area contributed by atoms with E-state index in [1.165, 1.54) is 12.1 Å². The van der Waals surface area contributed by atoms with E-state index in [4.69, 9.17) is 15.7 Å². The van der Waals surface area contributed by atoms with Crippen molar-refractivity contribution < 1.29 is 14.7 Å².